The van der Waals surface area contributed by atoms with Crippen LogP contribution in [-0.2, 0) is 9.53 Å². The number of esters is 1. The molecule has 0 spiro atoms. The van der Waals surface area contributed by atoms with Gasteiger partial charge in [-0.1, -0.05) is 0 Å². The summed E-state index contributed by atoms with van der Waals surface area (Å²) in [5.74, 6) is -2.43. The number of ether oxygens (including phenoxy) is 3. The van der Waals surface area contributed by atoms with E-state index in [1.165, 1.54) is 0 Å². The minimum atomic E-state index is -1.13. The second kappa shape index (κ2) is 7.16. The largest absolute Gasteiger partial charge is 0.486 e. The predicted molar refractivity (Wildman–Crippen MR) is 82.7 cm³/mol. The van der Waals surface area contributed by atoms with Crippen molar-refractivity contribution in [1.82, 2.24) is 0 Å². The molecule has 1 heterocycles. The van der Waals surface area contributed by atoms with Crippen LogP contribution in [0.3, 0.4) is 0 Å². The van der Waals surface area contributed by atoms with Crippen molar-refractivity contribution in [3.8, 4) is 11.5 Å². The lowest BCUT2D eigenvalue weighted by Gasteiger charge is -2.19. The lowest BCUT2D eigenvalue weighted by atomic mass is 10.2. The van der Waals surface area contributed by atoms with Gasteiger partial charge in [-0.25, -0.2) is 13.6 Å². The third kappa shape index (κ3) is 4.03. The number of amides is 1. The first-order valence-corrected chi connectivity index (χ1v) is 7.34. The van der Waals surface area contributed by atoms with E-state index in [1.807, 2.05) is 0 Å². The van der Waals surface area contributed by atoms with Crippen molar-refractivity contribution in [2.75, 3.05) is 25.1 Å². The Hall–Kier alpha value is -3.16. The second-order valence-electron chi connectivity index (χ2n) is 5.11. The Labute approximate surface area is 141 Å². The van der Waals surface area contributed by atoms with Crippen LogP contribution in [0.25, 0.3) is 0 Å². The summed E-state index contributed by atoms with van der Waals surface area (Å²) >= 11 is 0. The van der Waals surface area contributed by atoms with Crippen LogP contribution in [0, 0.1) is 11.6 Å². The van der Waals surface area contributed by atoms with Crippen molar-refractivity contribution in [3.05, 3.63) is 53.6 Å². The summed E-state index contributed by atoms with van der Waals surface area (Å²) < 4.78 is 42.0. The van der Waals surface area contributed by atoms with Gasteiger partial charge in [0.25, 0.3) is 5.91 Å². The molecule has 130 valence electrons. The van der Waals surface area contributed by atoms with E-state index in [4.69, 9.17) is 14.2 Å². The van der Waals surface area contributed by atoms with Crippen LogP contribution in [-0.4, -0.2) is 31.7 Å². The van der Waals surface area contributed by atoms with Crippen LogP contribution in [0.1, 0.15) is 10.4 Å². The molecule has 6 nitrogen and oxygen atoms in total. The number of hydrogen-bond acceptors (Lipinski definition) is 5. The Balaban J connectivity index is 1.58. The standard InChI is InChI=1S/C17H13F2NO5/c18-10-1-3-13(19)12(7-10)17(22)25-9-16(21)20-11-2-4-14-15(8-11)24-6-5-23-14/h1-4,7-8H,5-6,9H2,(H,20,21). The highest BCUT2D eigenvalue weighted by atomic mass is 19.1. The minimum absolute atomic E-state index is 0.404. The Morgan fingerprint density at radius 2 is 1.80 bits per heavy atom. The lowest BCUT2D eigenvalue weighted by Crippen LogP contribution is -2.22. The summed E-state index contributed by atoms with van der Waals surface area (Å²) in [7, 11) is 0. The third-order valence-electron chi connectivity index (χ3n) is 3.31. The van der Waals surface area contributed by atoms with Gasteiger partial charge in [0.1, 0.15) is 24.8 Å². The molecule has 1 N–H and O–H groups in total. The van der Waals surface area contributed by atoms with Gasteiger partial charge in [-0.15, -0.1) is 0 Å². The molecule has 0 fully saturated rings. The highest BCUT2D eigenvalue weighted by Crippen LogP contribution is 2.32. The van der Waals surface area contributed by atoms with Gasteiger partial charge < -0.3 is 19.5 Å². The SMILES string of the molecule is O=C(COC(=O)c1cc(F)ccc1F)Nc1ccc2c(c1)OCCO2. The number of carbonyl (C=O) groups is 2. The quantitative estimate of drug-likeness (QED) is 0.859. The average molecular weight is 349 g/mol. The number of benzene rings is 2. The number of halogens is 2. The van der Waals surface area contributed by atoms with Gasteiger partial charge in [-0.3, -0.25) is 4.79 Å². The van der Waals surface area contributed by atoms with Gasteiger partial charge in [-0.05, 0) is 30.3 Å². The Morgan fingerprint density at radius 3 is 2.60 bits per heavy atom. The average Bonchev–Trinajstić information content (AvgIpc) is 2.61. The summed E-state index contributed by atoms with van der Waals surface area (Å²) in [6.07, 6.45) is 0. The first-order chi connectivity index (χ1) is 12.0. The fraction of sp³-hybridized carbons (Fsp3) is 0.176. The Bertz CT molecular complexity index is 825. The maximum Gasteiger partial charge on any atom is 0.341 e. The van der Waals surface area contributed by atoms with Crippen molar-refractivity contribution in [1.29, 1.82) is 0 Å². The molecular formula is C17H13F2NO5. The third-order valence-corrected chi connectivity index (χ3v) is 3.31. The van der Waals surface area contributed by atoms with Crippen LogP contribution in [0.4, 0.5) is 14.5 Å². The zero-order valence-corrected chi connectivity index (χ0v) is 12.9. The van der Waals surface area contributed by atoms with Gasteiger partial charge in [0.05, 0.1) is 5.56 Å². The maximum absolute atomic E-state index is 13.5. The molecule has 1 amide bonds. The van der Waals surface area contributed by atoms with Crippen LogP contribution in [0.2, 0.25) is 0 Å². The Kier molecular flexibility index (Phi) is 4.78. The van der Waals surface area contributed by atoms with Crippen molar-refractivity contribution in [2.45, 2.75) is 0 Å². The van der Waals surface area contributed by atoms with Crippen LogP contribution < -0.4 is 14.8 Å². The first kappa shape index (κ1) is 16.7. The predicted octanol–water partition coefficient (Wildman–Crippen LogP) is 2.53. The number of hydrogen-bond donors (Lipinski definition) is 1. The highest BCUT2D eigenvalue weighted by molar-refractivity contribution is 5.95. The summed E-state index contributed by atoms with van der Waals surface area (Å²) in [6.45, 7) is 0.204. The molecule has 0 saturated carbocycles. The van der Waals surface area contributed by atoms with E-state index in [0.717, 1.165) is 12.1 Å². The molecule has 2 aromatic rings. The molecule has 0 bridgehead atoms. The molecule has 1 aliphatic heterocycles. The van der Waals surface area contributed by atoms with E-state index >= 15 is 0 Å². The van der Waals surface area contributed by atoms with Crippen molar-refractivity contribution < 1.29 is 32.6 Å². The molecule has 3 rings (SSSR count). The molecule has 25 heavy (non-hydrogen) atoms. The van der Waals surface area contributed by atoms with Gasteiger partial charge >= 0.3 is 5.97 Å². The number of carbonyl (C=O) groups excluding carboxylic acids is 2. The van der Waals surface area contributed by atoms with Crippen molar-refractivity contribution in [2.24, 2.45) is 0 Å². The zero-order chi connectivity index (χ0) is 17.8. The van der Waals surface area contributed by atoms with E-state index in [-0.39, 0.29) is 0 Å². The second-order valence-corrected chi connectivity index (χ2v) is 5.11. The highest BCUT2D eigenvalue weighted by Gasteiger charge is 2.17. The van der Waals surface area contributed by atoms with Crippen LogP contribution in [0.15, 0.2) is 36.4 Å². The van der Waals surface area contributed by atoms with E-state index < -0.39 is 35.7 Å². The number of fused-ring (bicyclic) bond motifs is 1. The topological polar surface area (TPSA) is 73.9 Å². The fourth-order valence-corrected chi connectivity index (χ4v) is 2.18. The normalized spacial score (nSPS) is 12.4. The lowest BCUT2D eigenvalue weighted by molar-refractivity contribution is -0.119. The molecular weight excluding hydrogens is 336 g/mol. The zero-order valence-electron chi connectivity index (χ0n) is 12.9. The molecule has 0 aliphatic carbocycles. The molecule has 0 aromatic heterocycles. The summed E-state index contributed by atoms with van der Waals surface area (Å²) in [5.41, 5.74) is -0.158. The van der Waals surface area contributed by atoms with E-state index in [9.17, 15) is 18.4 Å². The van der Waals surface area contributed by atoms with Gasteiger partial charge in [0.2, 0.25) is 0 Å². The summed E-state index contributed by atoms with van der Waals surface area (Å²) in [5, 5.41) is 2.51. The van der Waals surface area contributed by atoms with Gasteiger partial charge in [0, 0.05) is 11.8 Å². The number of nitrogens with one attached hydrogen (secondary N) is 1. The van der Waals surface area contributed by atoms with E-state index in [1.54, 1.807) is 18.2 Å². The van der Waals surface area contributed by atoms with Crippen molar-refractivity contribution in [3.63, 3.8) is 0 Å². The first-order valence-electron chi connectivity index (χ1n) is 7.34. The van der Waals surface area contributed by atoms with Crippen LogP contribution >= 0.6 is 0 Å². The minimum Gasteiger partial charge on any atom is -0.486 e. The van der Waals surface area contributed by atoms with E-state index in [0.29, 0.717) is 36.5 Å². The smallest absolute Gasteiger partial charge is 0.341 e. The van der Waals surface area contributed by atoms with Gasteiger partial charge in [-0.2, -0.15) is 0 Å². The summed E-state index contributed by atoms with van der Waals surface area (Å²) in [6, 6.07) is 7.19. The Morgan fingerprint density at radius 1 is 1.04 bits per heavy atom. The number of rotatable bonds is 4. The van der Waals surface area contributed by atoms with E-state index in [2.05, 4.69) is 5.32 Å². The monoisotopic (exact) mass is 349 g/mol. The number of anilines is 1. The molecule has 0 unspecified atom stereocenters. The fourth-order valence-electron chi connectivity index (χ4n) is 2.18. The van der Waals surface area contributed by atoms with Crippen molar-refractivity contribution >= 4 is 17.6 Å². The maximum atomic E-state index is 13.5. The molecule has 0 atom stereocenters. The molecule has 1 aliphatic rings. The molecule has 8 heteroatoms. The van der Waals surface area contributed by atoms with Crippen LogP contribution in [0.5, 0.6) is 11.5 Å². The molecule has 2 aromatic carbocycles. The molecule has 0 radical (unpaired) electrons. The van der Waals surface area contributed by atoms with Gasteiger partial charge in [0.15, 0.2) is 18.1 Å². The molecule has 0 saturated heterocycles. The summed E-state index contributed by atoms with van der Waals surface area (Å²) in [4.78, 5) is 23.6.